The van der Waals surface area contributed by atoms with Crippen molar-refractivity contribution in [1.29, 1.82) is 0 Å². The van der Waals surface area contributed by atoms with E-state index in [1.165, 1.54) is 58.0 Å². The zero-order valence-corrected chi connectivity index (χ0v) is 11.0. The molecule has 2 fully saturated rings. The van der Waals surface area contributed by atoms with Gasteiger partial charge in [-0.05, 0) is 39.3 Å². The fraction of sp³-hybridized carbons (Fsp3) is 1.00. The Morgan fingerprint density at radius 2 is 1.60 bits per heavy atom. The largest absolute Gasteiger partial charge is 0.301 e. The average molecular weight is 211 g/mol. The molecule has 0 aromatic heterocycles. The second-order valence-corrected chi connectivity index (χ2v) is 5.40. The van der Waals surface area contributed by atoms with Crippen molar-refractivity contribution in [3.63, 3.8) is 0 Å². The molecule has 1 aliphatic carbocycles. The molecule has 0 radical (unpaired) electrons. The lowest BCUT2D eigenvalue weighted by atomic mass is 9.88. The van der Waals surface area contributed by atoms with Crippen molar-refractivity contribution < 1.29 is 0 Å². The molecule has 0 spiro atoms. The SMILES string of the molecule is CC(C)N1CCC1.CCC1CCCCC1. The third-order valence-corrected chi connectivity index (χ3v) is 3.92. The standard InChI is InChI=1S/C8H16.C6H13N/c1-2-8-6-4-3-5-7-8;1-6(2)7-4-3-5-7/h8H,2-7H2,1H3;6H,3-5H2,1-2H3. The smallest absolute Gasteiger partial charge is 0.00386 e. The number of hydrogen-bond donors (Lipinski definition) is 0. The second kappa shape index (κ2) is 7.27. The van der Waals surface area contributed by atoms with E-state index in [9.17, 15) is 0 Å². The first kappa shape index (κ1) is 13.0. The lowest BCUT2D eigenvalue weighted by Gasteiger charge is -2.34. The summed E-state index contributed by atoms with van der Waals surface area (Å²) in [5.74, 6) is 1.09. The Labute approximate surface area is 96.2 Å². The molecule has 0 atom stereocenters. The quantitative estimate of drug-likeness (QED) is 0.665. The van der Waals surface area contributed by atoms with E-state index in [0.717, 1.165) is 12.0 Å². The van der Waals surface area contributed by atoms with E-state index in [4.69, 9.17) is 0 Å². The van der Waals surface area contributed by atoms with Gasteiger partial charge in [-0.15, -0.1) is 0 Å². The van der Waals surface area contributed by atoms with Crippen LogP contribution in [-0.2, 0) is 0 Å². The van der Waals surface area contributed by atoms with Gasteiger partial charge in [-0.3, -0.25) is 0 Å². The highest BCUT2D eigenvalue weighted by molar-refractivity contribution is 4.71. The number of rotatable bonds is 2. The normalized spacial score (nSPS) is 23.2. The molecular formula is C14H29N. The summed E-state index contributed by atoms with van der Waals surface area (Å²) in [6, 6.07) is 0.786. The molecule has 1 heterocycles. The van der Waals surface area contributed by atoms with Gasteiger partial charge in [0.05, 0.1) is 0 Å². The van der Waals surface area contributed by atoms with Crippen molar-refractivity contribution in [2.75, 3.05) is 13.1 Å². The number of hydrogen-bond acceptors (Lipinski definition) is 1. The Bertz CT molecular complexity index is 143. The Balaban J connectivity index is 0.000000151. The van der Waals surface area contributed by atoms with Crippen LogP contribution in [0.25, 0.3) is 0 Å². The first-order valence-electron chi connectivity index (χ1n) is 6.98. The van der Waals surface area contributed by atoms with Gasteiger partial charge in [0, 0.05) is 6.04 Å². The van der Waals surface area contributed by atoms with Crippen LogP contribution in [0.1, 0.15) is 65.7 Å². The summed E-state index contributed by atoms with van der Waals surface area (Å²) in [5, 5.41) is 0. The van der Waals surface area contributed by atoms with E-state index < -0.39 is 0 Å². The zero-order valence-electron chi connectivity index (χ0n) is 11.0. The minimum Gasteiger partial charge on any atom is -0.301 e. The van der Waals surface area contributed by atoms with Gasteiger partial charge in [-0.2, -0.15) is 0 Å². The maximum atomic E-state index is 2.47. The van der Waals surface area contributed by atoms with Gasteiger partial charge in [0.25, 0.3) is 0 Å². The van der Waals surface area contributed by atoms with Crippen molar-refractivity contribution in [2.45, 2.75) is 71.8 Å². The molecule has 0 aromatic rings. The molecule has 1 aliphatic heterocycles. The van der Waals surface area contributed by atoms with Crippen LogP contribution in [0.5, 0.6) is 0 Å². The summed E-state index contributed by atoms with van der Waals surface area (Å²) >= 11 is 0. The summed E-state index contributed by atoms with van der Waals surface area (Å²) in [6.45, 7) is 9.48. The van der Waals surface area contributed by atoms with Crippen molar-refractivity contribution in [2.24, 2.45) is 5.92 Å². The molecule has 0 aromatic carbocycles. The third kappa shape index (κ3) is 5.01. The first-order chi connectivity index (χ1) is 7.24. The minimum atomic E-state index is 0.786. The lowest BCUT2D eigenvalue weighted by Crippen LogP contribution is -2.41. The third-order valence-electron chi connectivity index (χ3n) is 3.92. The van der Waals surface area contributed by atoms with Gasteiger partial charge < -0.3 is 4.90 Å². The van der Waals surface area contributed by atoms with Crippen LogP contribution in [0.4, 0.5) is 0 Å². The van der Waals surface area contributed by atoms with E-state index in [0.29, 0.717) is 0 Å². The molecule has 0 amide bonds. The molecule has 90 valence electrons. The van der Waals surface area contributed by atoms with Crippen LogP contribution in [0.2, 0.25) is 0 Å². The molecule has 2 rings (SSSR count). The van der Waals surface area contributed by atoms with Crippen LogP contribution in [-0.4, -0.2) is 24.0 Å². The van der Waals surface area contributed by atoms with Gasteiger partial charge in [0.1, 0.15) is 0 Å². The maximum absolute atomic E-state index is 2.47. The van der Waals surface area contributed by atoms with Crippen molar-refractivity contribution >= 4 is 0 Å². The monoisotopic (exact) mass is 211 g/mol. The molecule has 2 aliphatic rings. The molecule has 1 heteroatoms. The topological polar surface area (TPSA) is 3.24 Å². The minimum absolute atomic E-state index is 0.786. The van der Waals surface area contributed by atoms with Crippen LogP contribution in [0.3, 0.4) is 0 Å². The number of likely N-dealkylation sites (tertiary alicyclic amines) is 1. The molecule has 0 bridgehead atoms. The van der Waals surface area contributed by atoms with Gasteiger partial charge in [-0.1, -0.05) is 45.4 Å². The Hall–Kier alpha value is -0.0400. The van der Waals surface area contributed by atoms with E-state index >= 15 is 0 Å². The summed E-state index contributed by atoms with van der Waals surface area (Å²) < 4.78 is 0. The Kier molecular flexibility index (Phi) is 6.31. The highest BCUT2D eigenvalue weighted by Crippen LogP contribution is 2.25. The molecule has 0 N–H and O–H groups in total. The van der Waals surface area contributed by atoms with E-state index in [1.54, 1.807) is 0 Å². The molecule has 1 saturated heterocycles. The predicted octanol–water partition coefficient (Wildman–Crippen LogP) is 4.08. The fourth-order valence-electron chi connectivity index (χ4n) is 2.45. The van der Waals surface area contributed by atoms with E-state index in [2.05, 4.69) is 25.7 Å². The van der Waals surface area contributed by atoms with Gasteiger partial charge in [0.2, 0.25) is 0 Å². The summed E-state index contributed by atoms with van der Waals surface area (Å²) in [4.78, 5) is 2.47. The van der Waals surface area contributed by atoms with Crippen LogP contribution < -0.4 is 0 Å². The molecule has 0 unspecified atom stereocenters. The van der Waals surface area contributed by atoms with Gasteiger partial charge in [0.15, 0.2) is 0 Å². The van der Waals surface area contributed by atoms with Crippen molar-refractivity contribution in [1.82, 2.24) is 4.90 Å². The van der Waals surface area contributed by atoms with Crippen LogP contribution in [0, 0.1) is 5.92 Å². The molecular weight excluding hydrogens is 182 g/mol. The fourth-order valence-corrected chi connectivity index (χ4v) is 2.45. The molecule has 1 saturated carbocycles. The Morgan fingerprint density at radius 3 is 1.80 bits per heavy atom. The zero-order chi connectivity index (χ0) is 11.1. The highest BCUT2D eigenvalue weighted by Gasteiger charge is 2.15. The predicted molar refractivity (Wildman–Crippen MR) is 68.2 cm³/mol. The van der Waals surface area contributed by atoms with Gasteiger partial charge >= 0.3 is 0 Å². The highest BCUT2D eigenvalue weighted by atomic mass is 15.2. The lowest BCUT2D eigenvalue weighted by molar-refractivity contribution is 0.138. The van der Waals surface area contributed by atoms with Crippen molar-refractivity contribution in [3.8, 4) is 0 Å². The van der Waals surface area contributed by atoms with Crippen LogP contribution >= 0.6 is 0 Å². The van der Waals surface area contributed by atoms with Crippen molar-refractivity contribution in [3.05, 3.63) is 0 Å². The van der Waals surface area contributed by atoms with E-state index in [1.807, 2.05) is 0 Å². The van der Waals surface area contributed by atoms with E-state index in [-0.39, 0.29) is 0 Å². The molecule has 15 heavy (non-hydrogen) atoms. The Morgan fingerprint density at radius 1 is 1.00 bits per heavy atom. The maximum Gasteiger partial charge on any atom is 0.00386 e. The second-order valence-electron chi connectivity index (χ2n) is 5.40. The summed E-state index contributed by atoms with van der Waals surface area (Å²) in [6.07, 6.45) is 10.3. The first-order valence-corrected chi connectivity index (χ1v) is 6.98. The van der Waals surface area contributed by atoms with Gasteiger partial charge in [-0.25, -0.2) is 0 Å². The summed E-state index contributed by atoms with van der Waals surface area (Å²) in [5.41, 5.74) is 0. The number of nitrogens with zero attached hydrogens (tertiary/aromatic N) is 1. The molecule has 1 nitrogen and oxygen atoms in total. The summed E-state index contributed by atoms with van der Waals surface area (Å²) in [7, 11) is 0. The van der Waals surface area contributed by atoms with Crippen LogP contribution in [0.15, 0.2) is 0 Å². The average Bonchev–Trinajstić information content (AvgIpc) is 2.16.